The summed E-state index contributed by atoms with van der Waals surface area (Å²) >= 11 is 0. The number of hydrogen-bond acceptors (Lipinski definition) is 4. The van der Waals surface area contributed by atoms with Crippen molar-refractivity contribution in [2.24, 2.45) is 0 Å². The van der Waals surface area contributed by atoms with Crippen molar-refractivity contribution < 1.29 is 9.47 Å². The van der Waals surface area contributed by atoms with E-state index < -0.39 is 0 Å². The standard InChI is InChI=1S/C13H17N3O2/c1-3-18-12-6-4-11(5-7-12)13-15-14-10-16(13)8-9-17-2/h4-7,10H,3,8-9H2,1-2H3. The van der Waals surface area contributed by atoms with E-state index in [0.29, 0.717) is 13.2 Å². The lowest BCUT2D eigenvalue weighted by atomic mass is 10.2. The molecular formula is C13H17N3O2. The van der Waals surface area contributed by atoms with Gasteiger partial charge in [0.2, 0.25) is 0 Å². The maximum Gasteiger partial charge on any atom is 0.163 e. The molecule has 5 heteroatoms. The zero-order chi connectivity index (χ0) is 12.8. The third kappa shape index (κ3) is 2.87. The molecule has 0 amide bonds. The Labute approximate surface area is 106 Å². The van der Waals surface area contributed by atoms with Crippen LogP contribution in [0.25, 0.3) is 11.4 Å². The minimum Gasteiger partial charge on any atom is -0.494 e. The topological polar surface area (TPSA) is 49.2 Å². The zero-order valence-electron chi connectivity index (χ0n) is 10.7. The smallest absolute Gasteiger partial charge is 0.163 e. The van der Waals surface area contributed by atoms with E-state index in [1.165, 1.54) is 0 Å². The molecule has 1 aromatic carbocycles. The van der Waals surface area contributed by atoms with Gasteiger partial charge in [0, 0.05) is 19.2 Å². The first-order valence-corrected chi connectivity index (χ1v) is 5.95. The monoisotopic (exact) mass is 247 g/mol. The van der Waals surface area contributed by atoms with E-state index in [4.69, 9.17) is 9.47 Å². The van der Waals surface area contributed by atoms with E-state index in [-0.39, 0.29) is 0 Å². The van der Waals surface area contributed by atoms with Gasteiger partial charge in [0.15, 0.2) is 5.82 Å². The summed E-state index contributed by atoms with van der Waals surface area (Å²) in [6, 6.07) is 7.85. The number of hydrogen-bond donors (Lipinski definition) is 0. The number of benzene rings is 1. The third-order valence-corrected chi connectivity index (χ3v) is 2.58. The van der Waals surface area contributed by atoms with Gasteiger partial charge in [-0.2, -0.15) is 0 Å². The molecule has 0 saturated carbocycles. The average molecular weight is 247 g/mol. The Morgan fingerprint density at radius 3 is 2.67 bits per heavy atom. The zero-order valence-corrected chi connectivity index (χ0v) is 10.7. The van der Waals surface area contributed by atoms with Crippen LogP contribution in [0.1, 0.15) is 6.92 Å². The molecule has 2 rings (SSSR count). The van der Waals surface area contributed by atoms with Crippen molar-refractivity contribution in [2.75, 3.05) is 20.3 Å². The molecule has 0 atom stereocenters. The van der Waals surface area contributed by atoms with Gasteiger partial charge in [-0.1, -0.05) is 0 Å². The molecule has 18 heavy (non-hydrogen) atoms. The van der Waals surface area contributed by atoms with Crippen LogP contribution >= 0.6 is 0 Å². The van der Waals surface area contributed by atoms with Gasteiger partial charge in [0.25, 0.3) is 0 Å². The molecule has 1 heterocycles. The van der Waals surface area contributed by atoms with Gasteiger partial charge in [0.05, 0.1) is 13.2 Å². The van der Waals surface area contributed by atoms with Crippen LogP contribution in [0, 0.1) is 0 Å². The highest BCUT2D eigenvalue weighted by Crippen LogP contribution is 2.20. The number of ether oxygens (including phenoxy) is 2. The van der Waals surface area contributed by atoms with Crippen molar-refractivity contribution in [1.29, 1.82) is 0 Å². The van der Waals surface area contributed by atoms with Crippen LogP contribution in [-0.4, -0.2) is 35.1 Å². The lowest BCUT2D eigenvalue weighted by Gasteiger charge is -2.07. The van der Waals surface area contributed by atoms with Crippen LogP contribution in [0.5, 0.6) is 5.75 Å². The maximum absolute atomic E-state index is 5.41. The Balaban J connectivity index is 2.17. The summed E-state index contributed by atoms with van der Waals surface area (Å²) in [5.41, 5.74) is 1.02. The Hall–Kier alpha value is -1.88. The fourth-order valence-electron chi connectivity index (χ4n) is 1.70. The van der Waals surface area contributed by atoms with Gasteiger partial charge in [-0.05, 0) is 31.2 Å². The summed E-state index contributed by atoms with van der Waals surface area (Å²) in [6.07, 6.45) is 1.71. The Morgan fingerprint density at radius 2 is 2.00 bits per heavy atom. The van der Waals surface area contributed by atoms with Crippen LogP contribution in [0.3, 0.4) is 0 Å². The SMILES string of the molecule is CCOc1ccc(-c2nncn2CCOC)cc1. The quantitative estimate of drug-likeness (QED) is 0.783. The summed E-state index contributed by atoms with van der Waals surface area (Å²) in [5, 5.41) is 8.07. The molecule has 5 nitrogen and oxygen atoms in total. The van der Waals surface area contributed by atoms with E-state index in [2.05, 4.69) is 10.2 Å². The largest absolute Gasteiger partial charge is 0.494 e. The molecule has 0 unspecified atom stereocenters. The molecule has 0 N–H and O–H groups in total. The molecule has 96 valence electrons. The van der Waals surface area contributed by atoms with E-state index >= 15 is 0 Å². The van der Waals surface area contributed by atoms with E-state index in [1.54, 1.807) is 13.4 Å². The van der Waals surface area contributed by atoms with Crippen LogP contribution in [-0.2, 0) is 11.3 Å². The number of aromatic nitrogens is 3. The summed E-state index contributed by atoms with van der Waals surface area (Å²) < 4.78 is 12.4. The van der Waals surface area contributed by atoms with Gasteiger partial charge >= 0.3 is 0 Å². The molecule has 0 aliphatic carbocycles. The van der Waals surface area contributed by atoms with Crippen molar-refractivity contribution in [3.05, 3.63) is 30.6 Å². The summed E-state index contributed by atoms with van der Waals surface area (Å²) in [6.45, 7) is 4.02. The van der Waals surface area contributed by atoms with Crippen LogP contribution < -0.4 is 4.74 Å². The lowest BCUT2D eigenvalue weighted by Crippen LogP contribution is -2.04. The highest BCUT2D eigenvalue weighted by atomic mass is 16.5. The summed E-state index contributed by atoms with van der Waals surface area (Å²) in [4.78, 5) is 0. The molecular weight excluding hydrogens is 230 g/mol. The van der Waals surface area contributed by atoms with Crippen molar-refractivity contribution >= 4 is 0 Å². The van der Waals surface area contributed by atoms with Gasteiger partial charge in [0.1, 0.15) is 12.1 Å². The molecule has 0 aliphatic heterocycles. The van der Waals surface area contributed by atoms with Crippen molar-refractivity contribution in [3.63, 3.8) is 0 Å². The normalized spacial score (nSPS) is 10.6. The summed E-state index contributed by atoms with van der Waals surface area (Å²) in [5.74, 6) is 1.71. The number of methoxy groups -OCH3 is 1. The Morgan fingerprint density at radius 1 is 1.22 bits per heavy atom. The van der Waals surface area contributed by atoms with Crippen molar-refractivity contribution in [1.82, 2.24) is 14.8 Å². The summed E-state index contributed by atoms with van der Waals surface area (Å²) in [7, 11) is 1.68. The number of rotatable bonds is 6. The Bertz CT molecular complexity index is 479. The predicted octanol–water partition coefficient (Wildman–Crippen LogP) is 1.99. The molecule has 0 saturated heterocycles. The van der Waals surface area contributed by atoms with Crippen molar-refractivity contribution in [2.45, 2.75) is 13.5 Å². The van der Waals surface area contributed by atoms with Gasteiger partial charge < -0.3 is 14.0 Å². The molecule has 1 aromatic heterocycles. The van der Waals surface area contributed by atoms with E-state index in [9.17, 15) is 0 Å². The first-order chi connectivity index (χ1) is 8.85. The van der Waals surface area contributed by atoms with Gasteiger partial charge in [-0.15, -0.1) is 10.2 Å². The minimum atomic E-state index is 0.641. The second-order valence-electron chi connectivity index (χ2n) is 3.80. The number of nitrogens with zero attached hydrogens (tertiary/aromatic N) is 3. The fraction of sp³-hybridized carbons (Fsp3) is 0.385. The van der Waals surface area contributed by atoms with E-state index in [1.807, 2.05) is 35.8 Å². The molecule has 2 aromatic rings. The first kappa shape index (κ1) is 12.6. The second kappa shape index (κ2) is 6.16. The van der Waals surface area contributed by atoms with Crippen LogP contribution in [0.15, 0.2) is 30.6 Å². The second-order valence-corrected chi connectivity index (χ2v) is 3.80. The van der Waals surface area contributed by atoms with Crippen molar-refractivity contribution in [3.8, 4) is 17.1 Å². The van der Waals surface area contributed by atoms with Gasteiger partial charge in [-0.3, -0.25) is 0 Å². The maximum atomic E-state index is 5.41. The molecule has 0 fully saturated rings. The Kier molecular flexibility index (Phi) is 4.30. The first-order valence-electron chi connectivity index (χ1n) is 5.95. The minimum absolute atomic E-state index is 0.641. The lowest BCUT2D eigenvalue weighted by molar-refractivity contribution is 0.187. The third-order valence-electron chi connectivity index (χ3n) is 2.58. The van der Waals surface area contributed by atoms with Crippen LogP contribution in [0.2, 0.25) is 0 Å². The highest BCUT2D eigenvalue weighted by Gasteiger charge is 2.06. The van der Waals surface area contributed by atoms with Crippen LogP contribution in [0.4, 0.5) is 0 Å². The molecule has 0 radical (unpaired) electrons. The molecule has 0 bridgehead atoms. The fourth-order valence-corrected chi connectivity index (χ4v) is 1.70. The predicted molar refractivity (Wildman–Crippen MR) is 68.5 cm³/mol. The molecule has 0 spiro atoms. The van der Waals surface area contributed by atoms with Gasteiger partial charge in [-0.25, -0.2) is 0 Å². The highest BCUT2D eigenvalue weighted by molar-refractivity contribution is 5.56. The molecule has 0 aliphatic rings. The van der Waals surface area contributed by atoms with E-state index in [0.717, 1.165) is 23.7 Å². The average Bonchev–Trinajstić information content (AvgIpc) is 2.86.